The van der Waals surface area contributed by atoms with Gasteiger partial charge in [0.15, 0.2) is 0 Å². The maximum Gasteiger partial charge on any atom is 0.236 e. The zero-order chi connectivity index (χ0) is 20.2. The van der Waals surface area contributed by atoms with Gasteiger partial charge in [-0.2, -0.15) is 5.10 Å². The normalized spacial score (nSPS) is 26.5. The molecule has 0 unspecified atom stereocenters. The fraction of sp³-hybridized carbons (Fsp3) is 0.409. The largest absolute Gasteiger partial charge is 0.314 e. The highest BCUT2D eigenvalue weighted by Gasteiger charge is 2.44. The molecule has 1 fully saturated rings. The van der Waals surface area contributed by atoms with E-state index in [1.54, 1.807) is 6.20 Å². The minimum absolute atomic E-state index is 0.0409. The molecule has 4 heterocycles. The van der Waals surface area contributed by atoms with Crippen LogP contribution < -0.4 is 10.6 Å². The quantitative estimate of drug-likeness (QED) is 0.713. The number of carbonyl (C=O) groups is 1. The van der Waals surface area contributed by atoms with E-state index in [0.717, 1.165) is 34.3 Å². The first kappa shape index (κ1) is 18.2. The van der Waals surface area contributed by atoms with Crippen LogP contribution in [0.1, 0.15) is 38.3 Å². The van der Waals surface area contributed by atoms with Crippen molar-refractivity contribution in [2.24, 2.45) is 0 Å². The fourth-order valence-corrected chi connectivity index (χ4v) is 4.63. The lowest BCUT2D eigenvalue weighted by Gasteiger charge is -2.27. The number of nitrogens with zero attached hydrogens (tertiary/aromatic N) is 3. The highest BCUT2D eigenvalue weighted by atomic mass is 19.1. The number of benzene rings is 1. The van der Waals surface area contributed by atoms with Crippen LogP contribution in [0.25, 0.3) is 22.2 Å². The number of para-hydroxylation sites is 1. The number of pyridine rings is 1. The van der Waals surface area contributed by atoms with Crippen LogP contribution in [-0.4, -0.2) is 39.9 Å². The SMILES string of the molecule is CC[C@]1(C)C(=O)Nc2nccc(-c3nn([C@H]4CCNC[C@H]4F)c4ccccc34)c21. The van der Waals surface area contributed by atoms with Gasteiger partial charge in [-0.15, -0.1) is 0 Å². The number of nitrogens with one attached hydrogen (secondary N) is 2. The molecule has 6 nitrogen and oxygen atoms in total. The molecule has 3 aromatic rings. The first-order valence-corrected chi connectivity index (χ1v) is 10.2. The van der Waals surface area contributed by atoms with Gasteiger partial charge in [0.2, 0.25) is 5.91 Å². The van der Waals surface area contributed by atoms with Crippen LogP contribution in [0.15, 0.2) is 36.5 Å². The molecule has 5 rings (SSSR count). The van der Waals surface area contributed by atoms with Crippen molar-refractivity contribution in [2.75, 3.05) is 18.4 Å². The summed E-state index contributed by atoms with van der Waals surface area (Å²) in [5, 5.41) is 11.9. The number of piperidine rings is 1. The number of hydrogen-bond donors (Lipinski definition) is 2. The predicted molar refractivity (Wildman–Crippen MR) is 111 cm³/mol. The summed E-state index contributed by atoms with van der Waals surface area (Å²) in [6, 6.07) is 9.55. The van der Waals surface area contributed by atoms with E-state index in [4.69, 9.17) is 5.10 Å². The molecule has 2 aliphatic heterocycles. The second kappa shape index (κ2) is 6.62. The third kappa shape index (κ3) is 2.60. The van der Waals surface area contributed by atoms with Crippen LogP contribution in [0, 0.1) is 0 Å². The second-order valence-corrected chi connectivity index (χ2v) is 8.11. The van der Waals surface area contributed by atoms with Gasteiger partial charge in [-0.05, 0) is 38.4 Å². The summed E-state index contributed by atoms with van der Waals surface area (Å²) < 4.78 is 16.6. The van der Waals surface area contributed by atoms with Crippen molar-refractivity contribution < 1.29 is 9.18 Å². The smallest absolute Gasteiger partial charge is 0.236 e. The van der Waals surface area contributed by atoms with Crippen LogP contribution in [0.5, 0.6) is 0 Å². The van der Waals surface area contributed by atoms with E-state index in [1.165, 1.54) is 0 Å². The number of fused-ring (bicyclic) bond motifs is 2. The molecule has 1 saturated heterocycles. The minimum atomic E-state index is -0.993. The summed E-state index contributed by atoms with van der Waals surface area (Å²) in [5.74, 6) is 0.557. The third-order valence-electron chi connectivity index (χ3n) is 6.50. The maximum atomic E-state index is 14.7. The average Bonchev–Trinajstić information content (AvgIpc) is 3.24. The number of amides is 1. The third-order valence-corrected chi connectivity index (χ3v) is 6.50. The number of halogens is 1. The Morgan fingerprint density at radius 1 is 1.31 bits per heavy atom. The van der Waals surface area contributed by atoms with Gasteiger partial charge >= 0.3 is 0 Å². The summed E-state index contributed by atoms with van der Waals surface area (Å²) in [4.78, 5) is 17.1. The van der Waals surface area contributed by atoms with Crippen LogP contribution in [-0.2, 0) is 10.2 Å². The van der Waals surface area contributed by atoms with Crippen LogP contribution in [0.2, 0.25) is 0 Å². The molecule has 3 atom stereocenters. The fourth-order valence-electron chi connectivity index (χ4n) is 4.63. The molecule has 0 saturated carbocycles. The summed E-state index contributed by atoms with van der Waals surface area (Å²) in [5.41, 5.74) is 2.79. The molecule has 2 N–H and O–H groups in total. The lowest BCUT2D eigenvalue weighted by Crippen LogP contribution is -2.39. The lowest BCUT2D eigenvalue weighted by molar-refractivity contribution is -0.120. The first-order valence-electron chi connectivity index (χ1n) is 10.2. The van der Waals surface area contributed by atoms with Crippen LogP contribution >= 0.6 is 0 Å². The Balaban J connectivity index is 1.75. The molecular formula is C22H24FN5O. The summed E-state index contributed by atoms with van der Waals surface area (Å²) in [7, 11) is 0. The van der Waals surface area contributed by atoms with E-state index < -0.39 is 11.6 Å². The molecule has 0 bridgehead atoms. The van der Waals surface area contributed by atoms with Gasteiger partial charge in [0.05, 0.1) is 17.0 Å². The number of anilines is 1. The number of hydrogen-bond acceptors (Lipinski definition) is 4. The monoisotopic (exact) mass is 393 g/mol. The van der Waals surface area contributed by atoms with Crippen molar-refractivity contribution >= 4 is 22.6 Å². The standard InChI is InChI=1S/C22H24FN5O/c1-3-22(2)18-14(8-11-25-20(18)26-21(22)29)19-13-6-4-5-7-16(13)28(27-19)17-9-10-24-12-15(17)23/h4-8,11,15,17,24H,3,9-10,12H2,1-2H3,(H,25,26,29)/t15-,17+,22+/m1/s1. The van der Waals surface area contributed by atoms with E-state index in [2.05, 4.69) is 15.6 Å². The van der Waals surface area contributed by atoms with E-state index in [1.807, 2.05) is 48.9 Å². The predicted octanol–water partition coefficient (Wildman–Crippen LogP) is 3.59. The molecule has 150 valence electrons. The molecule has 2 aromatic heterocycles. The topological polar surface area (TPSA) is 71.8 Å². The zero-order valence-corrected chi connectivity index (χ0v) is 16.6. The van der Waals surface area contributed by atoms with E-state index in [9.17, 15) is 9.18 Å². The first-order chi connectivity index (χ1) is 14.0. The van der Waals surface area contributed by atoms with Crippen LogP contribution in [0.4, 0.5) is 10.2 Å². The second-order valence-electron chi connectivity index (χ2n) is 8.11. The highest BCUT2D eigenvalue weighted by molar-refractivity contribution is 6.08. The van der Waals surface area contributed by atoms with Crippen molar-refractivity contribution in [3.63, 3.8) is 0 Å². The van der Waals surface area contributed by atoms with Crippen molar-refractivity contribution in [3.8, 4) is 11.3 Å². The lowest BCUT2D eigenvalue weighted by atomic mass is 9.79. The molecule has 0 spiro atoms. The molecule has 29 heavy (non-hydrogen) atoms. The summed E-state index contributed by atoms with van der Waals surface area (Å²) in [6.45, 7) is 5.06. The number of carbonyl (C=O) groups excluding carboxylic acids is 1. The van der Waals surface area contributed by atoms with Crippen LogP contribution in [0.3, 0.4) is 0 Å². The van der Waals surface area contributed by atoms with Crippen molar-refractivity contribution in [1.82, 2.24) is 20.1 Å². The van der Waals surface area contributed by atoms with Gasteiger partial charge in [-0.3, -0.25) is 9.48 Å². The van der Waals surface area contributed by atoms with Gasteiger partial charge in [0, 0.05) is 29.3 Å². The Kier molecular flexibility index (Phi) is 4.17. The molecule has 7 heteroatoms. The van der Waals surface area contributed by atoms with E-state index in [-0.39, 0.29) is 11.9 Å². The van der Waals surface area contributed by atoms with E-state index >= 15 is 0 Å². The van der Waals surface area contributed by atoms with Crippen molar-refractivity contribution in [1.29, 1.82) is 0 Å². The Labute approximate surface area is 168 Å². The molecule has 0 aliphatic carbocycles. The molecule has 1 aromatic carbocycles. The minimum Gasteiger partial charge on any atom is -0.314 e. The summed E-state index contributed by atoms with van der Waals surface area (Å²) >= 11 is 0. The molecule has 0 radical (unpaired) electrons. The van der Waals surface area contributed by atoms with Gasteiger partial charge in [-0.25, -0.2) is 9.37 Å². The molecule has 2 aliphatic rings. The highest BCUT2D eigenvalue weighted by Crippen LogP contribution is 2.45. The molecular weight excluding hydrogens is 369 g/mol. The van der Waals surface area contributed by atoms with Crippen molar-refractivity contribution in [2.45, 2.75) is 44.3 Å². The van der Waals surface area contributed by atoms with Gasteiger partial charge < -0.3 is 10.6 Å². The Morgan fingerprint density at radius 2 is 2.14 bits per heavy atom. The van der Waals surface area contributed by atoms with Gasteiger partial charge in [-0.1, -0.05) is 25.1 Å². The maximum absolute atomic E-state index is 14.7. The number of rotatable bonds is 3. The Bertz CT molecular complexity index is 1110. The average molecular weight is 393 g/mol. The molecule has 1 amide bonds. The Morgan fingerprint density at radius 3 is 2.93 bits per heavy atom. The number of alkyl halides is 1. The Hall–Kier alpha value is -2.80. The summed E-state index contributed by atoms with van der Waals surface area (Å²) in [6.07, 6.45) is 2.05. The van der Waals surface area contributed by atoms with Gasteiger partial charge in [0.25, 0.3) is 0 Å². The zero-order valence-electron chi connectivity index (χ0n) is 16.6. The van der Waals surface area contributed by atoms with Crippen molar-refractivity contribution in [3.05, 3.63) is 42.1 Å². The van der Waals surface area contributed by atoms with E-state index in [0.29, 0.717) is 25.2 Å². The number of aromatic nitrogens is 3. The van der Waals surface area contributed by atoms with Gasteiger partial charge in [0.1, 0.15) is 17.7 Å².